The quantitative estimate of drug-likeness (QED) is 0.0387. The Bertz CT molecular complexity index is 1100. The van der Waals surface area contributed by atoms with Gasteiger partial charge in [0.15, 0.2) is 0 Å². The summed E-state index contributed by atoms with van der Waals surface area (Å²) in [6, 6.07) is 0. The molecule has 0 aliphatic heterocycles. The second-order valence-corrected chi connectivity index (χ2v) is 19.1. The van der Waals surface area contributed by atoms with Crippen LogP contribution in [0.5, 0.6) is 0 Å². The molecule has 4 aliphatic rings. The highest BCUT2D eigenvalue weighted by atomic mass is 16.5. The number of hydrogen-bond donors (Lipinski definition) is 0. The predicted molar refractivity (Wildman–Crippen MR) is 257 cm³/mol. The zero-order valence-electron chi connectivity index (χ0n) is 42.7. The van der Waals surface area contributed by atoms with Crippen LogP contribution < -0.4 is 0 Å². The van der Waals surface area contributed by atoms with E-state index in [1.165, 1.54) is 70.6 Å². The molecular weight excluding hydrogens is 763 g/mol. The van der Waals surface area contributed by atoms with Gasteiger partial charge in [-0.25, -0.2) is 0 Å². The number of unbranched alkanes of at least 4 members (excludes halogenated alkanes) is 8. The van der Waals surface area contributed by atoms with Crippen molar-refractivity contribution in [2.45, 2.75) is 243 Å². The number of carbonyl (C=O) groups is 3. The maximum Gasteiger partial charge on any atom is 0.305 e. The lowest BCUT2D eigenvalue weighted by Crippen LogP contribution is -2.56. The summed E-state index contributed by atoms with van der Waals surface area (Å²) >= 11 is 0. The minimum atomic E-state index is -0.267. The molecule has 8 heteroatoms. The van der Waals surface area contributed by atoms with Crippen LogP contribution >= 0.6 is 0 Å². The second-order valence-electron chi connectivity index (χ2n) is 19.1. The first-order valence-electron chi connectivity index (χ1n) is 26.1. The number of esters is 3. The van der Waals surface area contributed by atoms with Crippen molar-refractivity contribution in [3.63, 3.8) is 0 Å². The van der Waals surface area contributed by atoms with E-state index in [2.05, 4.69) is 53.4 Å². The molecule has 8 nitrogen and oxygen atoms in total. The fourth-order valence-corrected chi connectivity index (χ4v) is 11.2. The van der Waals surface area contributed by atoms with Gasteiger partial charge in [-0.2, -0.15) is 0 Å². The average molecular weight is 866 g/mol. The summed E-state index contributed by atoms with van der Waals surface area (Å²) in [6.07, 6.45) is 26.1. The Labute approximate surface area is 378 Å². The summed E-state index contributed by atoms with van der Waals surface area (Å²) in [6.45, 7) is 28.0. The van der Waals surface area contributed by atoms with Crippen LogP contribution in [-0.2, 0) is 33.3 Å². The maximum atomic E-state index is 13.4. The van der Waals surface area contributed by atoms with Crippen molar-refractivity contribution in [2.24, 2.45) is 27.6 Å². The van der Waals surface area contributed by atoms with E-state index in [4.69, 9.17) is 18.9 Å². The van der Waals surface area contributed by atoms with Crippen molar-refractivity contribution in [3.8, 4) is 0 Å². The van der Waals surface area contributed by atoms with Gasteiger partial charge in [-0.1, -0.05) is 160 Å². The Morgan fingerprint density at radius 3 is 1.28 bits per heavy atom. The van der Waals surface area contributed by atoms with Crippen LogP contribution in [0.25, 0.3) is 0 Å². The standard InChI is InChI=1S/C44H79NO7.C5H12.2C2H6/c1-7-12-15-16-17-21-38(46)52-36-44-30-41(34-50-39(47)22-18-27-45(10-4)11-5)25-26-42(31-44,29-43(28-41,32-44)33-49-6)35-51-40(48)24-23-37(19-13-8-2)20-14-9-3;1-3-5-4-2;2*1-2/h37H,7-36H2,1-6H3;3-5H2,1-2H3;2*1-2H3. The van der Waals surface area contributed by atoms with Crippen LogP contribution in [0, 0.1) is 27.6 Å². The molecule has 4 saturated carbocycles. The fourth-order valence-electron chi connectivity index (χ4n) is 11.2. The largest absolute Gasteiger partial charge is 0.465 e. The van der Waals surface area contributed by atoms with Crippen LogP contribution in [0.2, 0.25) is 0 Å². The second kappa shape index (κ2) is 34.7. The Hall–Kier alpha value is -1.67. The molecule has 4 atom stereocenters. The molecule has 61 heavy (non-hydrogen) atoms. The van der Waals surface area contributed by atoms with Gasteiger partial charge in [-0.05, 0) is 95.2 Å². The number of fused-ring (bicyclic) bond motifs is 1. The molecule has 0 aromatic carbocycles. The molecule has 0 aromatic heterocycles. The first kappa shape index (κ1) is 59.3. The van der Waals surface area contributed by atoms with Gasteiger partial charge in [0.2, 0.25) is 0 Å². The highest BCUT2D eigenvalue weighted by Crippen LogP contribution is 2.71. The topological polar surface area (TPSA) is 91.4 Å². The first-order chi connectivity index (χ1) is 29.4. The summed E-state index contributed by atoms with van der Waals surface area (Å²) in [5.41, 5.74) is -0.849. The third-order valence-electron chi connectivity index (χ3n) is 13.6. The molecule has 0 aromatic rings. The fraction of sp³-hybridized carbons (Fsp3) is 0.943. The van der Waals surface area contributed by atoms with Crippen LogP contribution in [0.3, 0.4) is 0 Å². The van der Waals surface area contributed by atoms with Crippen LogP contribution in [0.15, 0.2) is 0 Å². The van der Waals surface area contributed by atoms with Gasteiger partial charge in [0.25, 0.3) is 0 Å². The monoisotopic (exact) mass is 866 g/mol. The number of hydrogen-bond acceptors (Lipinski definition) is 8. The summed E-state index contributed by atoms with van der Waals surface area (Å²) in [5.74, 6) is 0.277. The van der Waals surface area contributed by atoms with Gasteiger partial charge in [-0.15, -0.1) is 0 Å². The summed E-state index contributed by atoms with van der Waals surface area (Å²) in [7, 11) is 1.78. The Morgan fingerprint density at radius 1 is 0.459 bits per heavy atom. The molecule has 0 N–H and O–H groups in total. The van der Waals surface area contributed by atoms with Crippen LogP contribution in [-0.4, -0.2) is 76.0 Å². The molecule has 0 saturated heterocycles. The van der Waals surface area contributed by atoms with Gasteiger partial charge < -0.3 is 23.8 Å². The number of nitrogens with zero attached hydrogens (tertiary/aromatic N) is 1. The molecule has 4 unspecified atom stereocenters. The minimum absolute atomic E-state index is 0.0798. The maximum absolute atomic E-state index is 13.4. The van der Waals surface area contributed by atoms with Crippen molar-refractivity contribution in [3.05, 3.63) is 0 Å². The van der Waals surface area contributed by atoms with E-state index in [-0.39, 0.29) is 39.6 Å². The van der Waals surface area contributed by atoms with E-state index in [0.29, 0.717) is 51.6 Å². The molecule has 0 heterocycles. The molecular formula is C53H103NO7. The number of rotatable bonds is 31. The number of ether oxygens (including phenoxy) is 4. The van der Waals surface area contributed by atoms with E-state index in [1.807, 2.05) is 27.7 Å². The summed E-state index contributed by atoms with van der Waals surface area (Å²) < 4.78 is 24.6. The van der Waals surface area contributed by atoms with Gasteiger partial charge in [0, 0.05) is 42.6 Å². The van der Waals surface area contributed by atoms with Gasteiger partial charge in [0.05, 0.1) is 26.4 Å². The molecule has 4 rings (SSSR count). The smallest absolute Gasteiger partial charge is 0.305 e. The highest BCUT2D eigenvalue weighted by molar-refractivity contribution is 5.70. The Morgan fingerprint density at radius 2 is 0.852 bits per heavy atom. The number of methoxy groups -OCH3 is 1. The van der Waals surface area contributed by atoms with E-state index >= 15 is 0 Å². The van der Waals surface area contributed by atoms with Crippen molar-refractivity contribution < 1.29 is 33.3 Å². The lowest BCUT2D eigenvalue weighted by molar-refractivity contribution is -0.183. The van der Waals surface area contributed by atoms with Gasteiger partial charge >= 0.3 is 17.9 Å². The molecule has 0 radical (unpaired) electrons. The van der Waals surface area contributed by atoms with Crippen molar-refractivity contribution in [2.75, 3.05) is 53.2 Å². The zero-order valence-corrected chi connectivity index (χ0v) is 42.7. The molecule has 362 valence electrons. The molecule has 0 amide bonds. The Kier molecular flexibility index (Phi) is 33.7. The van der Waals surface area contributed by atoms with Gasteiger partial charge in [0.1, 0.15) is 0 Å². The zero-order chi connectivity index (χ0) is 46.0. The third-order valence-corrected chi connectivity index (χ3v) is 13.6. The number of carbonyl (C=O) groups excluding carboxylic acids is 3. The van der Waals surface area contributed by atoms with Crippen molar-refractivity contribution >= 4 is 17.9 Å². The molecule has 4 aliphatic carbocycles. The lowest BCUT2D eigenvalue weighted by Gasteiger charge is -2.60. The first-order valence-corrected chi connectivity index (χ1v) is 26.1. The van der Waals surface area contributed by atoms with E-state index in [0.717, 1.165) is 96.7 Å². The predicted octanol–water partition coefficient (Wildman–Crippen LogP) is 14.5. The van der Waals surface area contributed by atoms with Crippen LogP contribution in [0.4, 0.5) is 0 Å². The summed E-state index contributed by atoms with van der Waals surface area (Å²) in [4.78, 5) is 41.9. The van der Waals surface area contributed by atoms with Crippen LogP contribution in [0.1, 0.15) is 243 Å². The lowest BCUT2D eigenvalue weighted by atomic mass is 9.46. The minimum Gasteiger partial charge on any atom is -0.465 e. The van der Waals surface area contributed by atoms with E-state index in [9.17, 15) is 14.4 Å². The Balaban J connectivity index is 0.00000366. The highest BCUT2D eigenvalue weighted by Gasteiger charge is 2.65. The van der Waals surface area contributed by atoms with Crippen molar-refractivity contribution in [1.82, 2.24) is 4.90 Å². The molecule has 4 bridgehead atoms. The molecule has 0 spiro atoms. The van der Waals surface area contributed by atoms with E-state index in [1.54, 1.807) is 7.11 Å². The van der Waals surface area contributed by atoms with Gasteiger partial charge in [-0.3, -0.25) is 14.4 Å². The van der Waals surface area contributed by atoms with E-state index < -0.39 is 0 Å². The summed E-state index contributed by atoms with van der Waals surface area (Å²) in [5, 5.41) is 0. The van der Waals surface area contributed by atoms with Crippen molar-refractivity contribution in [1.29, 1.82) is 0 Å². The average Bonchev–Trinajstić information content (AvgIpc) is 3.43. The normalized spacial score (nSPS) is 23.5. The third kappa shape index (κ3) is 23.2. The SMILES string of the molecule is CC.CC.CCCCC.CCCCCCCC(=O)OCC12CC3(COC(=O)CCCN(CC)CC)CCC(COC(=O)CCC(CCCC)CCCC)(CC(COC)(C3)C1)C2. The molecule has 4 fully saturated rings.